The summed E-state index contributed by atoms with van der Waals surface area (Å²) in [6.45, 7) is 10.7. The summed E-state index contributed by atoms with van der Waals surface area (Å²) in [4.78, 5) is 16.3. The number of piperazine rings is 1. The van der Waals surface area contributed by atoms with Crippen molar-refractivity contribution in [3.8, 4) is 0 Å². The first-order chi connectivity index (χ1) is 10.8. The van der Waals surface area contributed by atoms with Crippen molar-refractivity contribution >= 4 is 6.09 Å². The molecule has 1 aromatic rings. The lowest BCUT2D eigenvalue weighted by atomic mass is 9.98. The molecule has 1 saturated heterocycles. The summed E-state index contributed by atoms with van der Waals surface area (Å²) in [7, 11) is 0. The van der Waals surface area contributed by atoms with E-state index in [-0.39, 0.29) is 18.2 Å². The number of carbonyl (C=O) groups excluding carboxylic acids is 1. The SMILES string of the molecule is CC(N)C(c1ccccc1)N1CCN(C(=O)OC(C)(C)C)CC1. The molecule has 1 fully saturated rings. The number of rotatable bonds is 3. The van der Waals surface area contributed by atoms with Gasteiger partial charge in [-0.1, -0.05) is 30.3 Å². The van der Waals surface area contributed by atoms with Crippen LogP contribution >= 0.6 is 0 Å². The Balaban J connectivity index is 1.98. The van der Waals surface area contributed by atoms with Crippen molar-refractivity contribution in [3.63, 3.8) is 0 Å². The standard InChI is InChI=1S/C18H29N3O2/c1-14(19)16(15-8-6-5-7-9-15)20-10-12-21(13-11-20)17(22)23-18(2,3)4/h5-9,14,16H,10-13,19H2,1-4H3. The number of nitrogens with two attached hydrogens (primary N) is 1. The van der Waals surface area contributed by atoms with Gasteiger partial charge in [0.2, 0.25) is 0 Å². The number of hydrogen-bond acceptors (Lipinski definition) is 4. The first-order valence-electron chi connectivity index (χ1n) is 8.30. The number of hydrogen-bond donors (Lipinski definition) is 1. The first kappa shape index (κ1) is 17.8. The summed E-state index contributed by atoms with van der Waals surface area (Å²) in [6, 6.07) is 10.6. The molecule has 0 aromatic heterocycles. The van der Waals surface area contributed by atoms with Crippen molar-refractivity contribution in [2.75, 3.05) is 26.2 Å². The van der Waals surface area contributed by atoms with Gasteiger partial charge in [-0.15, -0.1) is 0 Å². The van der Waals surface area contributed by atoms with Gasteiger partial charge >= 0.3 is 6.09 Å². The highest BCUT2D eigenvalue weighted by Gasteiger charge is 2.30. The molecular formula is C18H29N3O2. The lowest BCUT2D eigenvalue weighted by Gasteiger charge is -2.41. The van der Waals surface area contributed by atoms with Crippen molar-refractivity contribution in [2.45, 2.75) is 45.4 Å². The van der Waals surface area contributed by atoms with Crippen molar-refractivity contribution in [2.24, 2.45) is 5.73 Å². The molecule has 5 heteroatoms. The molecule has 1 aliphatic heterocycles. The molecule has 0 saturated carbocycles. The molecule has 1 heterocycles. The summed E-state index contributed by atoms with van der Waals surface area (Å²) in [5, 5.41) is 0. The van der Waals surface area contributed by atoms with E-state index in [1.54, 1.807) is 4.90 Å². The summed E-state index contributed by atoms with van der Waals surface area (Å²) in [5.74, 6) is 0. The molecule has 1 aromatic carbocycles. The second-order valence-corrected chi connectivity index (χ2v) is 7.22. The van der Waals surface area contributed by atoms with Crippen molar-refractivity contribution in [1.82, 2.24) is 9.80 Å². The van der Waals surface area contributed by atoms with E-state index >= 15 is 0 Å². The molecule has 0 aliphatic carbocycles. The third-order valence-electron chi connectivity index (χ3n) is 4.00. The van der Waals surface area contributed by atoms with Crippen molar-refractivity contribution in [3.05, 3.63) is 35.9 Å². The van der Waals surface area contributed by atoms with E-state index in [2.05, 4.69) is 17.0 Å². The van der Waals surface area contributed by atoms with Crippen molar-refractivity contribution in [1.29, 1.82) is 0 Å². The van der Waals surface area contributed by atoms with E-state index in [9.17, 15) is 4.79 Å². The highest BCUT2D eigenvalue weighted by atomic mass is 16.6. The van der Waals surface area contributed by atoms with E-state index < -0.39 is 5.60 Å². The van der Waals surface area contributed by atoms with Crippen LogP contribution in [0.5, 0.6) is 0 Å². The van der Waals surface area contributed by atoms with Gasteiger partial charge in [0, 0.05) is 38.3 Å². The molecule has 2 unspecified atom stereocenters. The molecule has 2 rings (SSSR count). The average Bonchev–Trinajstić information content (AvgIpc) is 2.47. The number of ether oxygens (including phenoxy) is 1. The molecule has 0 spiro atoms. The second-order valence-electron chi connectivity index (χ2n) is 7.22. The first-order valence-corrected chi connectivity index (χ1v) is 8.30. The van der Waals surface area contributed by atoms with E-state index in [1.165, 1.54) is 5.56 Å². The topological polar surface area (TPSA) is 58.8 Å². The smallest absolute Gasteiger partial charge is 0.410 e. The molecule has 128 valence electrons. The van der Waals surface area contributed by atoms with Gasteiger partial charge in [0.05, 0.1) is 0 Å². The minimum Gasteiger partial charge on any atom is -0.444 e. The Morgan fingerprint density at radius 3 is 2.17 bits per heavy atom. The van der Waals surface area contributed by atoms with E-state index in [1.807, 2.05) is 45.9 Å². The van der Waals surface area contributed by atoms with Crippen LogP contribution < -0.4 is 5.73 Å². The van der Waals surface area contributed by atoms with Gasteiger partial charge in [0.1, 0.15) is 5.60 Å². The number of benzene rings is 1. The fourth-order valence-corrected chi connectivity index (χ4v) is 3.01. The Kier molecular flexibility index (Phi) is 5.65. The molecule has 0 radical (unpaired) electrons. The zero-order valence-corrected chi connectivity index (χ0v) is 14.7. The fraction of sp³-hybridized carbons (Fsp3) is 0.611. The van der Waals surface area contributed by atoms with E-state index in [0.717, 1.165) is 13.1 Å². The van der Waals surface area contributed by atoms with Crippen LogP contribution in [0, 0.1) is 0 Å². The fourth-order valence-electron chi connectivity index (χ4n) is 3.01. The quantitative estimate of drug-likeness (QED) is 0.930. The Bertz CT molecular complexity index is 503. The highest BCUT2D eigenvalue weighted by Crippen LogP contribution is 2.25. The summed E-state index contributed by atoms with van der Waals surface area (Å²) in [5.41, 5.74) is 7.01. The lowest BCUT2D eigenvalue weighted by Crippen LogP contribution is -2.53. The van der Waals surface area contributed by atoms with Crippen molar-refractivity contribution < 1.29 is 9.53 Å². The molecule has 2 atom stereocenters. The van der Waals surface area contributed by atoms with Crippen LogP contribution in [-0.2, 0) is 4.74 Å². The van der Waals surface area contributed by atoms with Gasteiger partial charge in [-0.3, -0.25) is 4.90 Å². The predicted molar refractivity (Wildman–Crippen MR) is 92.2 cm³/mol. The molecule has 2 N–H and O–H groups in total. The zero-order chi connectivity index (χ0) is 17.0. The van der Waals surface area contributed by atoms with Crippen LogP contribution in [0.25, 0.3) is 0 Å². The molecule has 0 bridgehead atoms. The number of nitrogens with zero attached hydrogens (tertiary/aromatic N) is 2. The monoisotopic (exact) mass is 319 g/mol. The number of carbonyl (C=O) groups is 1. The molecule has 5 nitrogen and oxygen atoms in total. The molecule has 1 amide bonds. The number of amides is 1. The Labute approximate surface area is 139 Å². The maximum absolute atomic E-state index is 12.2. The van der Waals surface area contributed by atoms with Gasteiger partial charge in [-0.05, 0) is 33.3 Å². The minimum absolute atomic E-state index is 0.0328. The molecule has 23 heavy (non-hydrogen) atoms. The second kappa shape index (κ2) is 7.32. The molecular weight excluding hydrogens is 290 g/mol. The van der Waals surface area contributed by atoms with Gasteiger partial charge < -0.3 is 15.4 Å². The van der Waals surface area contributed by atoms with Gasteiger partial charge in [0.25, 0.3) is 0 Å². The predicted octanol–water partition coefficient (Wildman–Crippen LogP) is 2.63. The Morgan fingerprint density at radius 2 is 1.70 bits per heavy atom. The Hall–Kier alpha value is -1.59. The normalized spacial score (nSPS) is 19.3. The minimum atomic E-state index is -0.452. The summed E-state index contributed by atoms with van der Waals surface area (Å²) >= 11 is 0. The highest BCUT2D eigenvalue weighted by molar-refractivity contribution is 5.68. The van der Waals surface area contributed by atoms with Crippen LogP contribution in [0.15, 0.2) is 30.3 Å². The van der Waals surface area contributed by atoms with Crippen LogP contribution in [0.4, 0.5) is 4.79 Å². The van der Waals surface area contributed by atoms with Gasteiger partial charge in [-0.25, -0.2) is 4.79 Å². The van der Waals surface area contributed by atoms with Crippen LogP contribution in [0.3, 0.4) is 0 Å². The maximum Gasteiger partial charge on any atom is 0.410 e. The molecule has 1 aliphatic rings. The van der Waals surface area contributed by atoms with E-state index in [4.69, 9.17) is 10.5 Å². The summed E-state index contributed by atoms with van der Waals surface area (Å²) in [6.07, 6.45) is -0.228. The third kappa shape index (κ3) is 4.94. The van der Waals surface area contributed by atoms with Gasteiger partial charge in [0.15, 0.2) is 0 Å². The maximum atomic E-state index is 12.2. The third-order valence-corrected chi connectivity index (χ3v) is 4.00. The zero-order valence-electron chi connectivity index (χ0n) is 14.7. The van der Waals surface area contributed by atoms with Gasteiger partial charge in [-0.2, -0.15) is 0 Å². The van der Waals surface area contributed by atoms with Crippen LogP contribution in [0.1, 0.15) is 39.3 Å². The largest absolute Gasteiger partial charge is 0.444 e. The van der Waals surface area contributed by atoms with E-state index in [0.29, 0.717) is 13.1 Å². The summed E-state index contributed by atoms with van der Waals surface area (Å²) < 4.78 is 5.45. The van der Waals surface area contributed by atoms with Crippen LogP contribution in [0.2, 0.25) is 0 Å². The lowest BCUT2D eigenvalue weighted by molar-refractivity contribution is 0.00914. The Morgan fingerprint density at radius 1 is 1.13 bits per heavy atom. The average molecular weight is 319 g/mol. The van der Waals surface area contributed by atoms with Crippen LogP contribution in [-0.4, -0.2) is 53.7 Å².